The molecule has 1 aromatic heterocycles. The highest BCUT2D eigenvalue weighted by molar-refractivity contribution is 5.25. The minimum atomic E-state index is -3.10. The zero-order valence-electron chi connectivity index (χ0n) is 6.35. The Morgan fingerprint density at radius 1 is 1.54 bits per heavy atom. The Balaban J connectivity index is 3.44. The second kappa shape index (κ2) is 3.61. The fraction of sp³-hybridized carbons (Fsp3) is 0.286. The molecule has 1 aromatic rings. The number of aromatic amines is 1. The SMILES string of the molecule is O=c1[nH]cc(F)c(CO)c1C(F)F. The fourth-order valence-corrected chi connectivity index (χ4v) is 0.951. The Labute approximate surface area is 70.8 Å². The van der Waals surface area contributed by atoms with Gasteiger partial charge in [-0.05, 0) is 0 Å². The van der Waals surface area contributed by atoms with Crippen LogP contribution in [0, 0.1) is 5.82 Å². The van der Waals surface area contributed by atoms with Gasteiger partial charge in [0.25, 0.3) is 12.0 Å². The first-order valence-electron chi connectivity index (χ1n) is 3.37. The lowest BCUT2D eigenvalue weighted by atomic mass is 10.1. The van der Waals surface area contributed by atoms with E-state index >= 15 is 0 Å². The fourth-order valence-electron chi connectivity index (χ4n) is 0.951. The number of nitrogens with one attached hydrogen (secondary N) is 1. The maximum atomic E-state index is 12.7. The first-order valence-corrected chi connectivity index (χ1v) is 3.37. The average Bonchev–Trinajstić information content (AvgIpc) is 2.07. The lowest BCUT2D eigenvalue weighted by molar-refractivity contribution is 0.144. The maximum absolute atomic E-state index is 12.7. The van der Waals surface area contributed by atoms with Crippen LogP contribution >= 0.6 is 0 Å². The van der Waals surface area contributed by atoms with Crippen molar-refractivity contribution in [3.63, 3.8) is 0 Å². The highest BCUT2D eigenvalue weighted by Crippen LogP contribution is 2.20. The Morgan fingerprint density at radius 3 is 2.54 bits per heavy atom. The summed E-state index contributed by atoms with van der Waals surface area (Å²) < 4.78 is 37.0. The van der Waals surface area contributed by atoms with E-state index in [-0.39, 0.29) is 0 Å². The third-order valence-electron chi connectivity index (χ3n) is 1.56. The third-order valence-corrected chi connectivity index (χ3v) is 1.56. The second-order valence-electron chi connectivity index (χ2n) is 2.32. The molecule has 0 aliphatic heterocycles. The molecule has 0 atom stereocenters. The minimum Gasteiger partial charge on any atom is -0.392 e. The monoisotopic (exact) mass is 193 g/mol. The summed E-state index contributed by atoms with van der Waals surface area (Å²) in [5, 5.41) is 8.55. The second-order valence-corrected chi connectivity index (χ2v) is 2.32. The van der Waals surface area contributed by atoms with Crippen LogP contribution < -0.4 is 5.56 Å². The molecule has 0 fully saturated rings. The summed E-state index contributed by atoms with van der Waals surface area (Å²) in [7, 11) is 0. The first-order chi connectivity index (χ1) is 6.07. The van der Waals surface area contributed by atoms with Crippen LogP contribution in [0.15, 0.2) is 11.0 Å². The molecule has 0 bridgehead atoms. The molecule has 0 saturated carbocycles. The van der Waals surface area contributed by atoms with Gasteiger partial charge in [0, 0.05) is 11.8 Å². The van der Waals surface area contributed by atoms with E-state index in [0.29, 0.717) is 6.20 Å². The summed E-state index contributed by atoms with van der Waals surface area (Å²) in [5.74, 6) is -1.04. The van der Waals surface area contributed by atoms with Crippen molar-refractivity contribution >= 4 is 0 Å². The quantitative estimate of drug-likeness (QED) is 0.734. The van der Waals surface area contributed by atoms with E-state index in [0.717, 1.165) is 0 Å². The average molecular weight is 193 g/mol. The van der Waals surface area contributed by atoms with E-state index in [1.54, 1.807) is 4.98 Å². The molecule has 0 amide bonds. The predicted octanol–water partition coefficient (Wildman–Crippen LogP) is 0.944. The van der Waals surface area contributed by atoms with Gasteiger partial charge in [0.2, 0.25) is 0 Å². The van der Waals surface area contributed by atoms with Crippen LogP contribution in [0.2, 0.25) is 0 Å². The maximum Gasteiger partial charge on any atom is 0.269 e. The van der Waals surface area contributed by atoms with Crippen molar-refractivity contribution in [2.75, 3.05) is 0 Å². The standard InChI is InChI=1S/C7H6F3NO2/c8-4-1-11-7(13)5(6(9)10)3(4)2-12/h1,6,12H,2H2,(H,11,13). The zero-order valence-corrected chi connectivity index (χ0v) is 6.35. The number of aromatic nitrogens is 1. The van der Waals surface area contributed by atoms with Gasteiger partial charge in [-0.3, -0.25) is 4.79 Å². The van der Waals surface area contributed by atoms with Crippen molar-refractivity contribution in [3.05, 3.63) is 33.5 Å². The van der Waals surface area contributed by atoms with Gasteiger partial charge in [-0.15, -0.1) is 0 Å². The zero-order chi connectivity index (χ0) is 10.0. The van der Waals surface area contributed by atoms with Gasteiger partial charge < -0.3 is 10.1 Å². The van der Waals surface area contributed by atoms with Crippen LogP contribution in [0.1, 0.15) is 17.6 Å². The molecule has 3 nitrogen and oxygen atoms in total. The molecule has 0 aromatic carbocycles. The molecule has 0 radical (unpaired) electrons. The molecule has 6 heteroatoms. The number of rotatable bonds is 2. The number of pyridine rings is 1. The molecule has 13 heavy (non-hydrogen) atoms. The Hall–Kier alpha value is -1.30. The lowest BCUT2D eigenvalue weighted by Crippen LogP contribution is -2.17. The number of aliphatic hydroxyl groups excluding tert-OH is 1. The molecular weight excluding hydrogens is 187 g/mol. The predicted molar refractivity (Wildman–Crippen MR) is 37.9 cm³/mol. The number of aliphatic hydroxyl groups is 1. The number of H-pyrrole nitrogens is 1. The molecule has 0 unspecified atom stereocenters. The Kier molecular flexibility index (Phi) is 2.72. The first kappa shape index (κ1) is 9.79. The van der Waals surface area contributed by atoms with E-state index < -0.39 is 35.5 Å². The van der Waals surface area contributed by atoms with Gasteiger partial charge in [-0.25, -0.2) is 13.2 Å². The molecule has 0 spiro atoms. The van der Waals surface area contributed by atoms with Crippen LogP contribution in [0.5, 0.6) is 0 Å². The number of hydrogen-bond donors (Lipinski definition) is 2. The van der Waals surface area contributed by atoms with E-state index in [9.17, 15) is 18.0 Å². The summed E-state index contributed by atoms with van der Waals surface area (Å²) in [4.78, 5) is 12.6. The van der Waals surface area contributed by atoms with Gasteiger partial charge in [-0.1, -0.05) is 0 Å². The van der Waals surface area contributed by atoms with Gasteiger partial charge in [0.1, 0.15) is 5.82 Å². The largest absolute Gasteiger partial charge is 0.392 e. The van der Waals surface area contributed by atoms with E-state index in [2.05, 4.69) is 0 Å². The van der Waals surface area contributed by atoms with Crippen molar-refractivity contribution in [1.82, 2.24) is 4.98 Å². The Morgan fingerprint density at radius 2 is 2.15 bits per heavy atom. The normalized spacial score (nSPS) is 10.8. The molecule has 0 aliphatic rings. The van der Waals surface area contributed by atoms with Crippen molar-refractivity contribution < 1.29 is 18.3 Å². The van der Waals surface area contributed by atoms with Gasteiger partial charge in [-0.2, -0.15) is 0 Å². The topological polar surface area (TPSA) is 53.1 Å². The summed E-state index contributed by atoms with van der Waals surface area (Å²) in [6.07, 6.45) is -2.46. The van der Waals surface area contributed by atoms with E-state index in [1.165, 1.54) is 0 Å². The summed E-state index contributed by atoms with van der Waals surface area (Å²) >= 11 is 0. The van der Waals surface area contributed by atoms with Crippen LogP contribution in [-0.2, 0) is 6.61 Å². The Bertz CT molecular complexity index is 361. The minimum absolute atomic E-state index is 0.639. The molecule has 0 saturated heterocycles. The number of halogens is 3. The van der Waals surface area contributed by atoms with Gasteiger partial charge >= 0.3 is 0 Å². The molecule has 1 heterocycles. The smallest absolute Gasteiger partial charge is 0.269 e. The van der Waals surface area contributed by atoms with Crippen molar-refractivity contribution in [2.45, 2.75) is 13.0 Å². The number of hydrogen-bond acceptors (Lipinski definition) is 2. The number of alkyl halides is 2. The van der Waals surface area contributed by atoms with Gasteiger partial charge in [0.05, 0.1) is 12.2 Å². The van der Waals surface area contributed by atoms with Gasteiger partial charge in [0.15, 0.2) is 0 Å². The highest BCUT2D eigenvalue weighted by Gasteiger charge is 2.19. The van der Waals surface area contributed by atoms with E-state index in [1.807, 2.05) is 0 Å². The summed E-state index contributed by atoms with van der Waals surface area (Å²) in [6, 6.07) is 0. The third kappa shape index (κ3) is 1.72. The van der Waals surface area contributed by atoms with Crippen LogP contribution in [0.25, 0.3) is 0 Å². The van der Waals surface area contributed by atoms with E-state index in [4.69, 9.17) is 5.11 Å². The summed E-state index contributed by atoms with van der Waals surface area (Å²) in [5.41, 5.74) is -2.75. The molecule has 72 valence electrons. The highest BCUT2D eigenvalue weighted by atomic mass is 19.3. The van der Waals surface area contributed by atoms with Crippen LogP contribution in [-0.4, -0.2) is 10.1 Å². The molecule has 1 rings (SSSR count). The van der Waals surface area contributed by atoms with Crippen molar-refractivity contribution in [2.24, 2.45) is 0 Å². The van der Waals surface area contributed by atoms with Crippen LogP contribution in [0.3, 0.4) is 0 Å². The molecule has 0 aliphatic carbocycles. The summed E-state index contributed by atoms with van der Waals surface area (Å²) in [6.45, 7) is -0.921. The molecule has 2 N–H and O–H groups in total. The van der Waals surface area contributed by atoms with Crippen LogP contribution in [0.4, 0.5) is 13.2 Å². The lowest BCUT2D eigenvalue weighted by Gasteiger charge is -2.05. The van der Waals surface area contributed by atoms with Crippen molar-refractivity contribution in [3.8, 4) is 0 Å². The molecular formula is C7H6F3NO2. The van der Waals surface area contributed by atoms with Crippen molar-refractivity contribution in [1.29, 1.82) is 0 Å².